The van der Waals surface area contributed by atoms with Crippen molar-refractivity contribution < 1.29 is 13.6 Å². The number of hydrogen-bond acceptors (Lipinski definition) is 4. The van der Waals surface area contributed by atoms with Crippen molar-refractivity contribution in [1.29, 1.82) is 0 Å². The zero-order valence-corrected chi connectivity index (χ0v) is 19.7. The van der Waals surface area contributed by atoms with Gasteiger partial charge in [-0.25, -0.2) is 18.7 Å². The Bertz CT molecular complexity index is 1190. The molecule has 1 aromatic heterocycles. The molecule has 2 aliphatic carbocycles. The lowest BCUT2D eigenvalue weighted by atomic mass is 9.74. The van der Waals surface area contributed by atoms with Gasteiger partial charge < -0.3 is 10.6 Å². The van der Waals surface area contributed by atoms with Crippen LogP contribution in [0.15, 0.2) is 54.7 Å². The number of benzene rings is 2. The number of hydrogen-bond donors (Lipinski definition) is 2. The van der Waals surface area contributed by atoms with Crippen molar-refractivity contribution in [1.82, 2.24) is 15.3 Å². The van der Waals surface area contributed by atoms with Gasteiger partial charge in [-0.05, 0) is 37.3 Å². The molecule has 182 valence electrons. The molecule has 1 heterocycles. The number of aromatic nitrogens is 2. The molecule has 5 rings (SSSR count). The smallest absolute Gasteiger partial charge is 0.255 e. The lowest BCUT2D eigenvalue weighted by Crippen LogP contribution is -2.33. The van der Waals surface area contributed by atoms with Gasteiger partial charge in [0.25, 0.3) is 5.91 Å². The van der Waals surface area contributed by atoms with Crippen molar-refractivity contribution >= 4 is 11.9 Å². The number of nitrogens with one attached hydrogen (secondary N) is 2. The van der Waals surface area contributed by atoms with E-state index in [1.54, 1.807) is 6.20 Å². The van der Waals surface area contributed by atoms with E-state index in [4.69, 9.17) is 4.98 Å². The molecule has 0 spiro atoms. The summed E-state index contributed by atoms with van der Waals surface area (Å²) >= 11 is 0. The van der Waals surface area contributed by atoms with Gasteiger partial charge in [0.15, 0.2) is 0 Å². The number of anilines is 1. The zero-order valence-electron chi connectivity index (χ0n) is 19.7. The molecular weight excluding hydrogens is 446 g/mol. The molecule has 0 atom stereocenters. The van der Waals surface area contributed by atoms with Gasteiger partial charge in [0, 0.05) is 35.8 Å². The zero-order chi connectivity index (χ0) is 24.3. The first-order valence-electron chi connectivity index (χ1n) is 12.5. The molecule has 2 saturated carbocycles. The minimum atomic E-state index is -0.686. The van der Waals surface area contributed by atoms with Crippen LogP contribution in [0.2, 0.25) is 0 Å². The van der Waals surface area contributed by atoms with Gasteiger partial charge in [0.2, 0.25) is 5.95 Å². The fourth-order valence-electron chi connectivity index (χ4n) is 5.57. The molecule has 2 N–H and O–H groups in total. The molecule has 0 unspecified atom stereocenters. The quantitative estimate of drug-likeness (QED) is 0.446. The summed E-state index contributed by atoms with van der Waals surface area (Å²) in [6, 6.07) is 13.9. The molecule has 2 aromatic carbocycles. The molecule has 0 radical (unpaired) electrons. The van der Waals surface area contributed by atoms with E-state index in [1.807, 2.05) is 18.2 Å². The van der Waals surface area contributed by atoms with E-state index in [0.29, 0.717) is 23.2 Å². The molecular formula is C28H30F2N4O. The summed E-state index contributed by atoms with van der Waals surface area (Å²) < 4.78 is 27.4. The van der Waals surface area contributed by atoms with Gasteiger partial charge in [-0.2, -0.15) is 0 Å². The molecule has 1 amide bonds. The van der Waals surface area contributed by atoms with Crippen LogP contribution in [0.4, 0.5) is 14.7 Å². The van der Waals surface area contributed by atoms with Crippen molar-refractivity contribution in [3.05, 3.63) is 88.7 Å². The molecule has 2 fully saturated rings. The van der Waals surface area contributed by atoms with Gasteiger partial charge >= 0.3 is 0 Å². The average molecular weight is 477 g/mol. The van der Waals surface area contributed by atoms with Crippen molar-refractivity contribution in [3.8, 4) is 0 Å². The summed E-state index contributed by atoms with van der Waals surface area (Å²) in [5.41, 5.74) is 2.09. The van der Waals surface area contributed by atoms with Crippen LogP contribution < -0.4 is 10.6 Å². The van der Waals surface area contributed by atoms with Gasteiger partial charge in [0.1, 0.15) is 11.6 Å². The highest BCUT2D eigenvalue weighted by Crippen LogP contribution is 2.47. The number of carbonyl (C=O) groups is 1. The Morgan fingerprint density at radius 1 is 1.00 bits per heavy atom. The fourth-order valence-corrected chi connectivity index (χ4v) is 5.57. The maximum atomic E-state index is 14.1. The van der Waals surface area contributed by atoms with Gasteiger partial charge in [-0.15, -0.1) is 0 Å². The number of rotatable bonds is 7. The van der Waals surface area contributed by atoms with E-state index in [0.717, 1.165) is 50.2 Å². The maximum absolute atomic E-state index is 14.1. The Hall–Kier alpha value is -3.35. The molecule has 0 aliphatic heterocycles. The van der Waals surface area contributed by atoms with Crippen LogP contribution in [0.25, 0.3) is 0 Å². The highest BCUT2D eigenvalue weighted by molar-refractivity contribution is 5.95. The van der Waals surface area contributed by atoms with Crippen molar-refractivity contribution in [2.24, 2.45) is 0 Å². The van der Waals surface area contributed by atoms with Crippen LogP contribution in [0.5, 0.6) is 0 Å². The van der Waals surface area contributed by atoms with Crippen LogP contribution in [0.1, 0.15) is 78.5 Å². The predicted octanol–water partition coefficient (Wildman–Crippen LogP) is 5.90. The maximum Gasteiger partial charge on any atom is 0.255 e. The van der Waals surface area contributed by atoms with Crippen molar-refractivity contribution in [2.75, 3.05) is 5.32 Å². The first kappa shape index (κ1) is 23.4. The third-order valence-electron chi connectivity index (χ3n) is 7.41. The Morgan fingerprint density at radius 2 is 1.74 bits per heavy atom. The summed E-state index contributed by atoms with van der Waals surface area (Å²) in [6.07, 6.45) is 10.0. The summed E-state index contributed by atoms with van der Waals surface area (Å²) in [4.78, 5) is 22.9. The molecule has 0 bridgehead atoms. The monoisotopic (exact) mass is 476 g/mol. The minimum Gasteiger partial charge on any atom is -0.351 e. The Morgan fingerprint density at radius 3 is 2.46 bits per heavy atom. The molecule has 2 aliphatic rings. The average Bonchev–Trinajstić information content (AvgIpc) is 3.57. The van der Waals surface area contributed by atoms with Crippen LogP contribution in [-0.4, -0.2) is 21.9 Å². The minimum absolute atomic E-state index is 0.0508. The number of halogens is 2. The second-order valence-corrected chi connectivity index (χ2v) is 9.66. The van der Waals surface area contributed by atoms with Crippen molar-refractivity contribution in [3.63, 3.8) is 0 Å². The topological polar surface area (TPSA) is 66.9 Å². The van der Waals surface area contributed by atoms with E-state index in [9.17, 15) is 13.6 Å². The predicted molar refractivity (Wildman–Crippen MR) is 131 cm³/mol. The summed E-state index contributed by atoms with van der Waals surface area (Å²) in [5.74, 6) is -1.15. The molecule has 35 heavy (non-hydrogen) atoms. The van der Waals surface area contributed by atoms with E-state index < -0.39 is 11.6 Å². The van der Waals surface area contributed by atoms with Crippen molar-refractivity contribution in [2.45, 2.75) is 69.4 Å². The Balaban J connectivity index is 1.50. The van der Waals surface area contributed by atoms with E-state index >= 15 is 0 Å². The van der Waals surface area contributed by atoms with Crippen LogP contribution in [0, 0.1) is 11.6 Å². The Labute approximate surface area is 204 Å². The highest BCUT2D eigenvalue weighted by Gasteiger charge is 2.41. The lowest BCUT2D eigenvalue weighted by molar-refractivity contribution is 0.0947. The third-order valence-corrected chi connectivity index (χ3v) is 7.41. The standard InChI is InChI=1S/C28H30F2N4O/c29-21-13-12-19(24(30)16-21)17-31-26(35)23-18-32-27(33-22-10-4-5-11-22)34-25(23)28(14-6-7-15-28)20-8-2-1-3-9-20/h1-3,8-9,12-13,16,18,22H,4-7,10-11,14-15,17H2,(H,31,35)(H,32,33,34). The van der Waals surface area contributed by atoms with E-state index in [-0.39, 0.29) is 23.4 Å². The van der Waals surface area contributed by atoms with Crippen LogP contribution in [-0.2, 0) is 12.0 Å². The third kappa shape index (κ3) is 4.90. The Kier molecular flexibility index (Phi) is 6.75. The van der Waals surface area contributed by atoms with E-state index in [2.05, 4.69) is 27.8 Å². The molecule has 3 aromatic rings. The number of nitrogens with zero attached hydrogens (tertiary/aromatic N) is 2. The largest absolute Gasteiger partial charge is 0.351 e. The highest BCUT2D eigenvalue weighted by atomic mass is 19.1. The summed E-state index contributed by atoms with van der Waals surface area (Å²) in [6.45, 7) is -0.0508. The number of carbonyl (C=O) groups excluding carboxylic acids is 1. The number of amides is 1. The first-order chi connectivity index (χ1) is 17.0. The SMILES string of the molecule is O=C(NCc1ccc(F)cc1F)c1cnc(NC2CCCC2)nc1C1(c2ccccc2)CCCC1. The second kappa shape index (κ2) is 10.1. The normalized spacial score (nSPS) is 17.4. The summed E-state index contributed by atoms with van der Waals surface area (Å²) in [5, 5.41) is 6.27. The first-order valence-corrected chi connectivity index (χ1v) is 12.5. The fraction of sp³-hybridized carbons (Fsp3) is 0.393. The van der Waals surface area contributed by atoms with Gasteiger partial charge in [-0.1, -0.05) is 62.1 Å². The second-order valence-electron chi connectivity index (χ2n) is 9.66. The molecule has 7 heteroatoms. The molecule has 5 nitrogen and oxygen atoms in total. The van der Waals surface area contributed by atoms with Gasteiger partial charge in [0.05, 0.1) is 11.3 Å². The lowest BCUT2D eigenvalue weighted by Gasteiger charge is -2.31. The van der Waals surface area contributed by atoms with Crippen LogP contribution >= 0.6 is 0 Å². The molecule has 0 saturated heterocycles. The summed E-state index contributed by atoms with van der Waals surface area (Å²) in [7, 11) is 0. The van der Waals surface area contributed by atoms with E-state index in [1.165, 1.54) is 25.0 Å². The van der Waals surface area contributed by atoms with Crippen LogP contribution in [0.3, 0.4) is 0 Å². The van der Waals surface area contributed by atoms with Gasteiger partial charge in [-0.3, -0.25) is 4.79 Å².